The topological polar surface area (TPSA) is 128 Å². The van der Waals surface area contributed by atoms with Crippen LogP contribution in [0.1, 0.15) is 28.2 Å². The Kier molecular flexibility index (Phi) is 6.55. The Hall–Kier alpha value is -2.67. The zero-order valence-electron chi connectivity index (χ0n) is 16.0. The van der Waals surface area contributed by atoms with E-state index in [1.54, 1.807) is 12.1 Å². The monoisotopic (exact) mass is 460 g/mol. The van der Waals surface area contributed by atoms with Crippen molar-refractivity contribution in [2.45, 2.75) is 30.0 Å². The summed E-state index contributed by atoms with van der Waals surface area (Å²) < 4.78 is 63.7. The van der Waals surface area contributed by atoms with E-state index in [2.05, 4.69) is 17.1 Å². The second-order valence-corrected chi connectivity index (χ2v) is 8.34. The summed E-state index contributed by atoms with van der Waals surface area (Å²) in [5.74, 6) is -1.38. The number of fused-ring (bicyclic) bond motifs is 2. The lowest BCUT2D eigenvalue weighted by atomic mass is 9.87. The van der Waals surface area contributed by atoms with Gasteiger partial charge in [-0.15, -0.1) is 0 Å². The summed E-state index contributed by atoms with van der Waals surface area (Å²) in [6, 6.07) is 10.5. The summed E-state index contributed by atoms with van der Waals surface area (Å²) in [4.78, 5) is 19.3. The molecular formula is C19H19F3N2O6S. The van der Waals surface area contributed by atoms with Gasteiger partial charge in [-0.25, -0.2) is 0 Å². The van der Waals surface area contributed by atoms with Gasteiger partial charge in [0.1, 0.15) is 6.61 Å². The summed E-state index contributed by atoms with van der Waals surface area (Å²) in [7, 11) is -4.17. The van der Waals surface area contributed by atoms with Gasteiger partial charge in [0.05, 0.1) is 4.90 Å². The lowest BCUT2D eigenvalue weighted by molar-refractivity contribution is -0.194. The minimum atomic E-state index is -4.86. The first-order chi connectivity index (χ1) is 14.5. The van der Waals surface area contributed by atoms with Gasteiger partial charge in [-0.3, -0.25) is 9.35 Å². The minimum absolute atomic E-state index is 0.0937. The Balaban J connectivity index is 0.000000339. The molecule has 2 aliphatic rings. The zero-order chi connectivity index (χ0) is 22.8. The number of nitrogens with one attached hydrogen (secondary N) is 1. The number of hydrogen-bond donors (Lipinski definition) is 3. The van der Waals surface area contributed by atoms with Crippen molar-refractivity contribution in [3.05, 3.63) is 58.7 Å². The van der Waals surface area contributed by atoms with Crippen LogP contribution in [0.15, 0.2) is 41.3 Å². The Bertz CT molecular complexity index is 1070. The van der Waals surface area contributed by atoms with Gasteiger partial charge in [-0.05, 0) is 53.9 Å². The number of hydrogen-bond acceptors (Lipinski definition) is 6. The molecule has 0 saturated carbocycles. The lowest BCUT2D eigenvalue weighted by Crippen LogP contribution is -2.30. The number of carbonyl (C=O) groups is 1. The van der Waals surface area contributed by atoms with Gasteiger partial charge in [-0.1, -0.05) is 12.1 Å². The van der Waals surface area contributed by atoms with Crippen molar-refractivity contribution in [3.63, 3.8) is 0 Å². The van der Waals surface area contributed by atoms with Crippen molar-refractivity contribution in [1.82, 2.24) is 5.32 Å². The van der Waals surface area contributed by atoms with Crippen LogP contribution in [-0.4, -0.2) is 38.1 Å². The fourth-order valence-electron chi connectivity index (χ4n) is 3.32. The predicted molar refractivity (Wildman–Crippen MR) is 102 cm³/mol. The number of rotatable bonds is 2. The number of amides is 1. The van der Waals surface area contributed by atoms with Gasteiger partial charge < -0.3 is 15.9 Å². The highest BCUT2D eigenvalue weighted by molar-refractivity contribution is 7.85. The molecule has 0 aromatic heterocycles. The van der Waals surface area contributed by atoms with Gasteiger partial charge in [-0.2, -0.15) is 26.5 Å². The molecule has 1 amide bonds. The predicted octanol–water partition coefficient (Wildman–Crippen LogP) is 2.07. The molecule has 2 aromatic carbocycles. The summed E-state index contributed by atoms with van der Waals surface area (Å²) >= 11 is 0. The molecule has 2 heterocycles. The molecule has 0 aliphatic carbocycles. The molecular weight excluding hydrogens is 441 g/mol. The average Bonchev–Trinajstić information content (AvgIpc) is 3.04. The molecule has 0 fully saturated rings. The maximum atomic E-state index is 11.2. The maximum Gasteiger partial charge on any atom is 0.470 e. The Morgan fingerprint density at radius 2 is 1.81 bits per heavy atom. The van der Waals surface area contributed by atoms with Gasteiger partial charge in [0.25, 0.3) is 10.1 Å². The first kappa shape index (κ1) is 23.0. The number of nitrogens with two attached hydrogens (primary N) is 1. The van der Waals surface area contributed by atoms with Crippen molar-refractivity contribution in [2.75, 3.05) is 13.1 Å². The van der Waals surface area contributed by atoms with Crippen LogP contribution in [0.5, 0.6) is 5.75 Å². The first-order valence-electron chi connectivity index (χ1n) is 9.07. The largest absolute Gasteiger partial charge is 0.470 e. The smallest absolute Gasteiger partial charge is 0.362 e. The van der Waals surface area contributed by atoms with Crippen LogP contribution in [-0.2, 0) is 32.8 Å². The first-order valence-corrected chi connectivity index (χ1v) is 10.5. The fraction of sp³-hybridized carbons (Fsp3) is 0.316. The molecule has 4 N–H and O–H groups in total. The van der Waals surface area contributed by atoms with Crippen molar-refractivity contribution >= 4 is 16.0 Å². The highest BCUT2D eigenvalue weighted by Crippen LogP contribution is 2.36. The van der Waals surface area contributed by atoms with Crippen LogP contribution >= 0.6 is 0 Å². The van der Waals surface area contributed by atoms with Gasteiger partial charge in [0.2, 0.25) is 0 Å². The number of primary amides is 1. The molecule has 12 heteroatoms. The van der Waals surface area contributed by atoms with Crippen LogP contribution < -0.4 is 15.9 Å². The van der Waals surface area contributed by atoms with E-state index in [1.165, 1.54) is 23.3 Å². The van der Waals surface area contributed by atoms with E-state index in [4.69, 9.17) is 19.1 Å². The van der Waals surface area contributed by atoms with Gasteiger partial charge in [0.15, 0.2) is 5.75 Å². The number of carbonyl (C=O) groups excluding carboxylic acids is 1. The number of alkyl halides is 3. The third-order valence-electron chi connectivity index (χ3n) is 4.84. The molecule has 168 valence electrons. The highest BCUT2D eigenvalue weighted by atomic mass is 32.2. The van der Waals surface area contributed by atoms with Crippen LogP contribution in [0.4, 0.5) is 13.2 Å². The second kappa shape index (κ2) is 8.83. The summed E-state index contributed by atoms with van der Waals surface area (Å²) in [6.07, 6.45) is -3.97. The highest BCUT2D eigenvalue weighted by Gasteiger charge is 2.35. The van der Waals surface area contributed by atoms with Gasteiger partial charge in [0, 0.05) is 18.0 Å². The third-order valence-corrected chi connectivity index (χ3v) is 5.71. The van der Waals surface area contributed by atoms with E-state index in [9.17, 15) is 21.6 Å². The summed E-state index contributed by atoms with van der Waals surface area (Å²) in [5, 5.41) is 3.42. The molecule has 8 nitrogen and oxygen atoms in total. The number of halogens is 3. The fourth-order valence-corrected chi connectivity index (χ4v) is 3.80. The van der Waals surface area contributed by atoms with E-state index in [0.717, 1.165) is 36.4 Å². The van der Waals surface area contributed by atoms with Crippen molar-refractivity contribution in [2.24, 2.45) is 5.73 Å². The molecule has 4 rings (SSSR count). The zero-order valence-corrected chi connectivity index (χ0v) is 16.8. The van der Waals surface area contributed by atoms with Crippen LogP contribution in [0.3, 0.4) is 0 Å². The second-order valence-electron chi connectivity index (χ2n) is 6.92. The molecule has 0 bridgehead atoms. The van der Waals surface area contributed by atoms with E-state index in [1.807, 2.05) is 6.07 Å². The van der Waals surface area contributed by atoms with Crippen LogP contribution in [0.25, 0.3) is 0 Å². The molecule has 31 heavy (non-hydrogen) atoms. The Morgan fingerprint density at radius 1 is 1.16 bits per heavy atom. The molecule has 1 atom stereocenters. The minimum Gasteiger partial charge on any atom is -0.362 e. The number of benzene rings is 2. The Morgan fingerprint density at radius 3 is 2.39 bits per heavy atom. The Labute approximate surface area is 175 Å². The molecule has 0 spiro atoms. The van der Waals surface area contributed by atoms with Crippen LogP contribution in [0.2, 0.25) is 0 Å². The average molecular weight is 460 g/mol. The van der Waals surface area contributed by atoms with Crippen LogP contribution in [0, 0.1) is 0 Å². The summed E-state index contributed by atoms with van der Waals surface area (Å²) in [6.45, 7) is 2.06. The van der Waals surface area contributed by atoms with Crippen molar-refractivity contribution < 1.29 is 40.7 Å². The molecule has 2 aliphatic heterocycles. The molecule has 1 unspecified atom stereocenters. The normalized spacial score (nSPS) is 18.0. The molecule has 2 aromatic rings. The standard InChI is InChI=1S/C17H17NO5S.C2H2F3NO/c19-24(20,21)14-3-1-11(2-4-14)16-9-18-6-5-12-8-17-13(7-15(12)16)10-22-23-17;3-2(4,5)1(6)7/h1-4,7-8,16,18H,5-6,9-10H2,(H,19,20,21);(H2,6,7). The molecule has 0 saturated heterocycles. The molecule has 0 radical (unpaired) electrons. The SMILES string of the molecule is NC(=O)C(F)(F)F.O=S(=O)(O)c1ccc(C2CNCCc3cc4c(cc32)COO4)cc1. The van der Waals surface area contributed by atoms with E-state index >= 15 is 0 Å². The summed E-state index contributed by atoms with van der Waals surface area (Å²) in [5.41, 5.74) is 8.23. The van der Waals surface area contributed by atoms with Gasteiger partial charge >= 0.3 is 12.1 Å². The van der Waals surface area contributed by atoms with Crippen molar-refractivity contribution in [1.29, 1.82) is 0 Å². The quantitative estimate of drug-likeness (QED) is 0.462. The maximum absolute atomic E-state index is 11.2. The lowest BCUT2D eigenvalue weighted by Gasteiger charge is -2.19. The van der Waals surface area contributed by atoms with E-state index < -0.39 is 22.2 Å². The van der Waals surface area contributed by atoms with E-state index in [0.29, 0.717) is 6.61 Å². The van der Waals surface area contributed by atoms with Crippen molar-refractivity contribution in [3.8, 4) is 5.75 Å². The third kappa shape index (κ3) is 5.53. The van der Waals surface area contributed by atoms with E-state index in [-0.39, 0.29) is 10.8 Å².